The Morgan fingerprint density at radius 3 is 2.46 bits per heavy atom. The van der Waals surface area contributed by atoms with Gasteiger partial charge in [-0.15, -0.1) is 0 Å². The average molecular weight is 669 g/mol. The van der Waals surface area contributed by atoms with Crippen molar-refractivity contribution in [1.29, 1.82) is 5.26 Å². The lowest BCUT2D eigenvalue weighted by Crippen LogP contribution is -2.58. The van der Waals surface area contributed by atoms with Crippen LogP contribution in [0.2, 0.25) is 10.0 Å². The van der Waals surface area contributed by atoms with E-state index in [-0.39, 0.29) is 80.9 Å². The smallest absolute Gasteiger partial charge is 0.276 e. The quantitative estimate of drug-likeness (QED) is 0.129. The average Bonchev–Trinajstić information content (AvgIpc) is 3.07. The maximum atomic E-state index is 15.8. The van der Waals surface area contributed by atoms with E-state index >= 15 is 8.78 Å². The molecule has 0 spiro atoms. The second-order valence-electron chi connectivity index (χ2n) is 11.6. The van der Waals surface area contributed by atoms with Gasteiger partial charge in [-0.25, -0.2) is 18.2 Å². The molecule has 1 aliphatic rings. The topological polar surface area (TPSA) is 110 Å². The Morgan fingerprint density at radius 2 is 1.85 bits per heavy atom. The first-order chi connectivity index (χ1) is 21.8. The summed E-state index contributed by atoms with van der Waals surface area (Å²) in [5.74, 6) is -4.99. The van der Waals surface area contributed by atoms with Gasteiger partial charge in [-0.05, 0) is 38.0 Å². The molecule has 5 heterocycles. The van der Waals surface area contributed by atoms with Crippen LogP contribution in [-0.4, -0.2) is 55.3 Å². The van der Waals surface area contributed by atoms with E-state index in [1.165, 1.54) is 28.8 Å². The van der Waals surface area contributed by atoms with Gasteiger partial charge in [0.25, 0.3) is 5.56 Å². The summed E-state index contributed by atoms with van der Waals surface area (Å²) in [4.78, 5) is 42.5. The Bertz CT molecular complexity index is 2280. The van der Waals surface area contributed by atoms with Crippen molar-refractivity contribution in [2.45, 2.75) is 45.7 Å². The number of nitriles is 1. The van der Waals surface area contributed by atoms with E-state index < -0.39 is 38.9 Å². The molecule has 6 rings (SSSR count). The van der Waals surface area contributed by atoms with Crippen LogP contribution in [0, 0.1) is 28.8 Å². The van der Waals surface area contributed by atoms with E-state index in [1.807, 2.05) is 32.6 Å². The molecule has 0 aliphatic carbocycles. The number of fused-ring (bicyclic) bond motifs is 5. The maximum Gasteiger partial charge on any atom is 0.276 e. The van der Waals surface area contributed by atoms with Gasteiger partial charge in [-0.2, -0.15) is 5.26 Å². The summed E-state index contributed by atoms with van der Waals surface area (Å²) in [5.41, 5.74) is -1.23. The molecule has 0 saturated carbocycles. The molecule has 1 N–H and O–H groups in total. The highest BCUT2D eigenvalue weighted by Gasteiger charge is 2.35. The van der Waals surface area contributed by atoms with Gasteiger partial charge in [0.1, 0.15) is 16.7 Å². The summed E-state index contributed by atoms with van der Waals surface area (Å²) in [6.07, 6.45) is 2.64. The molecule has 1 saturated heterocycles. The Balaban J connectivity index is 1.89. The molecule has 0 unspecified atom stereocenters. The molecule has 2 atom stereocenters. The van der Waals surface area contributed by atoms with E-state index in [2.05, 4.69) is 27.6 Å². The molecular formula is C32H26Cl2F3N7O2. The zero-order chi connectivity index (χ0) is 33.4. The van der Waals surface area contributed by atoms with E-state index in [0.717, 1.165) is 0 Å². The summed E-state index contributed by atoms with van der Waals surface area (Å²) in [6.45, 7) is 11.4. The number of aromatic amines is 1. The van der Waals surface area contributed by atoms with Crippen LogP contribution in [0.1, 0.15) is 44.9 Å². The molecule has 1 amide bonds. The van der Waals surface area contributed by atoms with Crippen LogP contribution in [0.3, 0.4) is 0 Å². The van der Waals surface area contributed by atoms with Gasteiger partial charge in [-0.3, -0.25) is 19.0 Å². The van der Waals surface area contributed by atoms with Gasteiger partial charge in [0.2, 0.25) is 5.91 Å². The highest BCUT2D eigenvalue weighted by atomic mass is 35.5. The highest BCUT2D eigenvalue weighted by molar-refractivity contribution is 6.37. The Labute approximate surface area is 270 Å². The normalized spacial score (nSPS) is 17.0. The van der Waals surface area contributed by atoms with Gasteiger partial charge >= 0.3 is 0 Å². The van der Waals surface area contributed by atoms with Gasteiger partial charge in [-0.1, -0.05) is 43.6 Å². The molecule has 14 heteroatoms. The van der Waals surface area contributed by atoms with Gasteiger partial charge in [0, 0.05) is 36.8 Å². The molecule has 1 aliphatic heterocycles. The highest BCUT2D eigenvalue weighted by Crippen LogP contribution is 2.39. The van der Waals surface area contributed by atoms with Crippen LogP contribution in [0.15, 0.2) is 35.8 Å². The number of H-pyrrole nitrogens is 1. The third kappa shape index (κ3) is 4.52. The van der Waals surface area contributed by atoms with Crippen molar-refractivity contribution in [2.24, 2.45) is 0 Å². The second kappa shape index (κ2) is 11.3. The number of amides is 1. The summed E-state index contributed by atoms with van der Waals surface area (Å²) in [7, 11) is 0. The van der Waals surface area contributed by atoms with Crippen LogP contribution >= 0.6 is 23.2 Å². The zero-order valence-electron chi connectivity index (χ0n) is 25.1. The zero-order valence-corrected chi connectivity index (χ0v) is 26.6. The minimum absolute atomic E-state index is 0.0330. The number of halogens is 5. The van der Waals surface area contributed by atoms with E-state index in [4.69, 9.17) is 23.2 Å². The minimum Gasteiger partial charge on any atom is -0.366 e. The number of anilines is 1. The third-order valence-electron chi connectivity index (χ3n) is 8.34. The van der Waals surface area contributed by atoms with Crippen LogP contribution in [0.5, 0.6) is 0 Å². The van der Waals surface area contributed by atoms with Gasteiger partial charge in [0.05, 0.1) is 43.9 Å². The molecule has 5 aromatic rings. The van der Waals surface area contributed by atoms with E-state index in [0.29, 0.717) is 5.69 Å². The number of hydrogen-bond donors (Lipinski definition) is 1. The number of carbonyl (C=O) groups excluding carboxylic acids is 1. The SMILES string of the molecule is C=CC(=O)N1[C@H](C)CN(c2c(C#N)c(=O)n3c4nc(c(Cl)cc24)c2c(F)c(Cl)c(F)c(F)c2[nH]c2ccnc(C(C)C)c23)C[C@@H]1C. The Hall–Kier alpha value is -4.60. The van der Waals surface area contributed by atoms with Crippen molar-refractivity contribution in [3.05, 3.63) is 80.1 Å². The summed E-state index contributed by atoms with van der Waals surface area (Å²) in [6, 6.07) is 4.20. The largest absolute Gasteiger partial charge is 0.366 e. The van der Waals surface area contributed by atoms with Crippen molar-refractivity contribution in [3.63, 3.8) is 0 Å². The number of carbonyl (C=O) groups is 1. The lowest BCUT2D eigenvalue weighted by molar-refractivity contribution is -0.130. The molecular weight excluding hydrogens is 642 g/mol. The van der Waals surface area contributed by atoms with Crippen molar-refractivity contribution in [2.75, 3.05) is 18.0 Å². The summed E-state index contributed by atoms with van der Waals surface area (Å²) >= 11 is 12.6. The van der Waals surface area contributed by atoms with Crippen LogP contribution < -0.4 is 10.5 Å². The van der Waals surface area contributed by atoms with Crippen molar-refractivity contribution < 1.29 is 18.0 Å². The number of benzene rings is 1. The number of piperazine rings is 1. The van der Waals surface area contributed by atoms with Crippen molar-refractivity contribution in [3.8, 4) is 6.07 Å². The van der Waals surface area contributed by atoms with Crippen molar-refractivity contribution in [1.82, 2.24) is 24.3 Å². The number of hydrogen-bond acceptors (Lipinski definition) is 6. The first-order valence-electron chi connectivity index (χ1n) is 14.3. The van der Waals surface area contributed by atoms with Crippen LogP contribution in [0.4, 0.5) is 18.9 Å². The number of rotatable bonds is 3. The molecule has 1 fully saturated rings. The fraction of sp³-hybridized carbons (Fsp3) is 0.281. The minimum atomic E-state index is -1.62. The fourth-order valence-electron chi connectivity index (χ4n) is 6.46. The Kier molecular flexibility index (Phi) is 7.73. The van der Waals surface area contributed by atoms with Gasteiger partial charge in [0.15, 0.2) is 23.1 Å². The van der Waals surface area contributed by atoms with Crippen LogP contribution in [0.25, 0.3) is 38.5 Å². The molecule has 9 nitrogen and oxygen atoms in total. The lowest BCUT2D eigenvalue weighted by Gasteiger charge is -2.45. The summed E-state index contributed by atoms with van der Waals surface area (Å²) in [5, 5.41) is 8.92. The lowest BCUT2D eigenvalue weighted by atomic mass is 10.0. The molecule has 0 radical (unpaired) electrons. The molecule has 4 aromatic heterocycles. The van der Waals surface area contributed by atoms with Crippen LogP contribution in [-0.2, 0) is 4.79 Å². The monoisotopic (exact) mass is 667 g/mol. The standard InChI is InChI=1S/C32H26Cl2F3N7O2/c1-6-20(45)43-14(4)11-42(12-15(43)5)29-16-9-18(33)27-21-23(35)22(34)24(36)25(37)28(21)40-19-7-8-39-26(13(2)3)30(19)44(31(16)41-27)32(46)17(29)10-38/h6-9,13-15,40H,1,11-12H2,2-5H3/t14-,15+. The first kappa shape index (κ1) is 31.4. The maximum absolute atomic E-state index is 15.8. The Morgan fingerprint density at radius 1 is 1.17 bits per heavy atom. The van der Waals surface area contributed by atoms with E-state index in [9.17, 15) is 19.2 Å². The molecule has 236 valence electrons. The van der Waals surface area contributed by atoms with Crippen molar-refractivity contribution >= 4 is 73.3 Å². The second-order valence-corrected chi connectivity index (χ2v) is 12.4. The summed E-state index contributed by atoms with van der Waals surface area (Å²) < 4.78 is 47.5. The molecule has 2 bridgehead atoms. The molecule has 1 aromatic carbocycles. The number of nitrogens with one attached hydrogen (secondary N) is 1. The predicted octanol–water partition coefficient (Wildman–Crippen LogP) is 6.77. The fourth-order valence-corrected chi connectivity index (χ4v) is 6.88. The number of pyridine rings is 3. The predicted molar refractivity (Wildman–Crippen MR) is 172 cm³/mol. The first-order valence-corrected chi connectivity index (χ1v) is 15.1. The van der Waals surface area contributed by atoms with Gasteiger partial charge < -0.3 is 14.8 Å². The molecule has 46 heavy (non-hydrogen) atoms. The van der Waals surface area contributed by atoms with E-state index in [1.54, 1.807) is 4.90 Å². The number of aromatic nitrogens is 4. The number of nitrogens with zero attached hydrogens (tertiary/aromatic N) is 6. The third-order valence-corrected chi connectivity index (χ3v) is 8.96.